The van der Waals surface area contributed by atoms with E-state index in [-0.39, 0.29) is 12.5 Å². The number of benzene rings is 3. The molecule has 0 saturated carbocycles. The van der Waals surface area contributed by atoms with Crippen molar-refractivity contribution in [2.75, 3.05) is 23.7 Å². The van der Waals surface area contributed by atoms with Gasteiger partial charge in [0.1, 0.15) is 12.6 Å². The highest BCUT2D eigenvalue weighted by atomic mass is 32.2. The van der Waals surface area contributed by atoms with Gasteiger partial charge in [-0.25, -0.2) is 8.42 Å². The van der Waals surface area contributed by atoms with E-state index in [1.165, 1.54) is 4.90 Å². The third kappa shape index (κ3) is 8.17. The van der Waals surface area contributed by atoms with Crippen LogP contribution in [0.4, 0.5) is 5.69 Å². The fourth-order valence-corrected chi connectivity index (χ4v) is 5.48. The van der Waals surface area contributed by atoms with Crippen molar-refractivity contribution in [2.45, 2.75) is 53.1 Å². The van der Waals surface area contributed by atoms with Gasteiger partial charge in [-0.2, -0.15) is 0 Å². The largest absolute Gasteiger partial charge is 0.354 e. The highest BCUT2D eigenvalue weighted by Crippen LogP contribution is 2.25. The molecular formula is C31H39N3O4S. The number of nitrogens with one attached hydrogen (secondary N) is 1. The number of carbonyl (C=O) groups is 2. The summed E-state index contributed by atoms with van der Waals surface area (Å²) < 4.78 is 27.0. The van der Waals surface area contributed by atoms with Gasteiger partial charge in [-0.1, -0.05) is 79.2 Å². The van der Waals surface area contributed by atoms with Crippen LogP contribution in [0.3, 0.4) is 0 Å². The Labute approximate surface area is 232 Å². The van der Waals surface area contributed by atoms with Gasteiger partial charge < -0.3 is 10.2 Å². The van der Waals surface area contributed by atoms with Crippen LogP contribution in [0.25, 0.3) is 0 Å². The van der Waals surface area contributed by atoms with E-state index in [1.807, 2.05) is 94.4 Å². The van der Waals surface area contributed by atoms with Crippen LogP contribution in [-0.2, 0) is 32.6 Å². The molecule has 2 amide bonds. The minimum Gasteiger partial charge on any atom is -0.354 e. The minimum absolute atomic E-state index is 0.174. The SMILES string of the molecule is CCCNC(=O)[C@H](Cc1ccccc1)N(Cc1ccccc1C)C(=O)CN(c1ccc(C)cc1C)S(C)(=O)=O. The third-order valence-electron chi connectivity index (χ3n) is 6.72. The standard InChI is InChI=1S/C31H39N3O4S/c1-6-18-32-31(36)29(20-26-13-8-7-9-14-26)33(21-27-15-11-10-12-24(27)3)30(35)22-34(39(5,37)38)28-17-16-23(2)19-25(28)4/h7-17,19,29H,6,18,20-22H2,1-5H3,(H,32,36)/t29-/m0/s1. The summed E-state index contributed by atoms with van der Waals surface area (Å²) in [4.78, 5) is 29.2. The molecule has 8 heteroatoms. The summed E-state index contributed by atoms with van der Waals surface area (Å²) in [6.07, 6.45) is 2.15. The molecule has 0 bridgehead atoms. The van der Waals surface area contributed by atoms with E-state index >= 15 is 0 Å². The first kappa shape index (κ1) is 29.9. The second-order valence-electron chi connectivity index (χ2n) is 10.0. The number of hydrogen-bond acceptors (Lipinski definition) is 4. The first-order valence-electron chi connectivity index (χ1n) is 13.2. The summed E-state index contributed by atoms with van der Waals surface area (Å²) in [7, 11) is -3.80. The third-order valence-corrected chi connectivity index (χ3v) is 7.85. The highest BCUT2D eigenvalue weighted by molar-refractivity contribution is 7.92. The van der Waals surface area contributed by atoms with Crippen molar-refractivity contribution in [1.82, 2.24) is 10.2 Å². The van der Waals surface area contributed by atoms with E-state index in [1.54, 1.807) is 6.07 Å². The summed E-state index contributed by atoms with van der Waals surface area (Å²) in [5.41, 5.74) is 4.98. The van der Waals surface area contributed by atoms with E-state index in [2.05, 4.69) is 5.32 Å². The van der Waals surface area contributed by atoms with Crippen LogP contribution < -0.4 is 9.62 Å². The van der Waals surface area contributed by atoms with Gasteiger partial charge >= 0.3 is 0 Å². The van der Waals surface area contributed by atoms with E-state index in [4.69, 9.17) is 0 Å². The van der Waals surface area contributed by atoms with Crippen molar-refractivity contribution in [2.24, 2.45) is 0 Å². The zero-order valence-corrected chi connectivity index (χ0v) is 24.3. The average Bonchev–Trinajstić information content (AvgIpc) is 2.89. The van der Waals surface area contributed by atoms with E-state index in [9.17, 15) is 18.0 Å². The van der Waals surface area contributed by atoms with Crippen LogP contribution in [0.15, 0.2) is 72.8 Å². The predicted octanol–water partition coefficient (Wildman–Crippen LogP) is 4.54. The van der Waals surface area contributed by atoms with Crippen LogP contribution in [0.1, 0.15) is 41.2 Å². The molecule has 3 rings (SSSR count). The molecule has 0 aromatic heterocycles. The van der Waals surface area contributed by atoms with Crippen molar-refractivity contribution >= 4 is 27.5 Å². The van der Waals surface area contributed by atoms with Gasteiger partial charge in [0, 0.05) is 19.5 Å². The summed E-state index contributed by atoms with van der Waals surface area (Å²) >= 11 is 0. The maximum absolute atomic E-state index is 14.1. The van der Waals surface area contributed by atoms with Crippen LogP contribution in [0.5, 0.6) is 0 Å². The summed E-state index contributed by atoms with van der Waals surface area (Å²) in [5.74, 6) is -0.712. The molecule has 0 unspecified atom stereocenters. The molecule has 0 fully saturated rings. The van der Waals surface area contributed by atoms with Crippen molar-refractivity contribution in [3.05, 3.63) is 101 Å². The Kier molecular flexibility index (Phi) is 10.3. The molecule has 0 saturated heterocycles. The molecule has 0 radical (unpaired) electrons. The normalized spacial score (nSPS) is 12.0. The van der Waals surface area contributed by atoms with Crippen LogP contribution >= 0.6 is 0 Å². The van der Waals surface area contributed by atoms with E-state index < -0.39 is 28.5 Å². The van der Waals surface area contributed by atoms with Gasteiger partial charge in [0.2, 0.25) is 21.8 Å². The Morgan fingerprint density at radius 3 is 2.18 bits per heavy atom. The van der Waals surface area contributed by atoms with Crippen molar-refractivity contribution in [3.63, 3.8) is 0 Å². The summed E-state index contributed by atoms with van der Waals surface area (Å²) in [6.45, 7) is 7.92. The highest BCUT2D eigenvalue weighted by Gasteiger charge is 2.33. The Hall–Kier alpha value is -3.65. The maximum atomic E-state index is 14.1. The monoisotopic (exact) mass is 549 g/mol. The lowest BCUT2D eigenvalue weighted by Crippen LogP contribution is -2.53. The fraction of sp³-hybridized carbons (Fsp3) is 0.355. The Bertz CT molecular complexity index is 1390. The van der Waals surface area contributed by atoms with Gasteiger partial charge in [-0.3, -0.25) is 13.9 Å². The van der Waals surface area contributed by atoms with Crippen molar-refractivity contribution in [3.8, 4) is 0 Å². The number of nitrogens with zero attached hydrogens (tertiary/aromatic N) is 2. The molecule has 0 spiro atoms. The lowest BCUT2D eigenvalue weighted by Gasteiger charge is -2.34. The minimum atomic E-state index is -3.80. The van der Waals surface area contributed by atoms with E-state index in [0.29, 0.717) is 18.7 Å². The summed E-state index contributed by atoms with van der Waals surface area (Å²) in [5, 5.41) is 2.95. The Balaban J connectivity index is 2.07. The molecule has 39 heavy (non-hydrogen) atoms. The first-order chi connectivity index (χ1) is 18.5. The Morgan fingerprint density at radius 1 is 0.897 bits per heavy atom. The zero-order valence-electron chi connectivity index (χ0n) is 23.5. The number of carbonyl (C=O) groups excluding carboxylic acids is 2. The number of hydrogen-bond donors (Lipinski definition) is 1. The smallest absolute Gasteiger partial charge is 0.244 e. The quantitative estimate of drug-likeness (QED) is 0.359. The maximum Gasteiger partial charge on any atom is 0.244 e. The first-order valence-corrected chi connectivity index (χ1v) is 15.1. The van der Waals surface area contributed by atoms with Crippen molar-refractivity contribution in [1.29, 1.82) is 0 Å². The average molecular weight is 550 g/mol. The predicted molar refractivity (Wildman–Crippen MR) is 157 cm³/mol. The molecule has 3 aromatic rings. The Morgan fingerprint density at radius 2 is 1.56 bits per heavy atom. The number of sulfonamides is 1. The molecule has 7 nitrogen and oxygen atoms in total. The summed E-state index contributed by atoms with van der Waals surface area (Å²) in [6, 6.07) is 21.9. The fourth-order valence-electron chi connectivity index (χ4n) is 4.57. The number of amides is 2. The zero-order chi connectivity index (χ0) is 28.6. The van der Waals surface area contributed by atoms with Gasteiger partial charge in [0.15, 0.2) is 0 Å². The molecule has 3 aromatic carbocycles. The molecule has 1 N–H and O–H groups in total. The molecule has 0 aliphatic heterocycles. The molecular weight excluding hydrogens is 510 g/mol. The molecule has 208 valence electrons. The lowest BCUT2D eigenvalue weighted by atomic mass is 10.0. The van der Waals surface area contributed by atoms with Gasteiger partial charge in [0.05, 0.1) is 11.9 Å². The lowest BCUT2D eigenvalue weighted by molar-refractivity contribution is -0.140. The topological polar surface area (TPSA) is 86.8 Å². The molecule has 0 aliphatic carbocycles. The number of anilines is 1. The van der Waals surface area contributed by atoms with Gasteiger partial charge in [-0.15, -0.1) is 0 Å². The van der Waals surface area contributed by atoms with Crippen LogP contribution in [-0.4, -0.2) is 50.5 Å². The van der Waals surface area contributed by atoms with Crippen LogP contribution in [0, 0.1) is 20.8 Å². The van der Waals surface area contributed by atoms with Crippen LogP contribution in [0.2, 0.25) is 0 Å². The molecule has 0 aliphatic rings. The second kappa shape index (κ2) is 13.4. The van der Waals surface area contributed by atoms with Gasteiger partial charge in [-0.05, 0) is 55.5 Å². The van der Waals surface area contributed by atoms with E-state index in [0.717, 1.165) is 44.8 Å². The molecule has 0 heterocycles. The molecule has 1 atom stereocenters. The number of aryl methyl sites for hydroxylation is 3. The second-order valence-corrected chi connectivity index (χ2v) is 11.9. The van der Waals surface area contributed by atoms with Crippen molar-refractivity contribution < 1.29 is 18.0 Å². The number of rotatable bonds is 12. The van der Waals surface area contributed by atoms with Gasteiger partial charge in [0.25, 0.3) is 0 Å².